The van der Waals surface area contributed by atoms with E-state index < -0.39 is 11.4 Å². The van der Waals surface area contributed by atoms with Crippen LogP contribution in [0, 0.1) is 5.41 Å². The second kappa shape index (κ2) is 12.8. The van der Waals surface area contributed by atoms with Crippen LogP contribution in [0.15, 0.2) is 102 Å². The molecule has 0 unspecified atom stereocenters. The number of carboxylic acid groups (broad SMARTS) is 1. The molecule has 1 N–H and O–H groups in total. The SMILES string of the molecule is C=C(C)Sc1c(CC(C)(C)C(=O)O)n(Cc2ccc(-c3ccc(OC)nc3)cc2)c2ccc(OCc3ccccn3)cc12. The van der Waals surface area contributed by atoms with Crippen LogP contribution in [0.3, 0.4) is 0 Å². The van der Waals surface area contributed by atoms with Gasteiger partial charge in [0.05, 0.1) is 18.2 Å². The fourth-order valence-corrected chi connectivity index (χ4v) is 5.80. The summed E-state index contributed by atoms with van der Waals surface area (Å²) in [4.78, 5) is 22.9. The Labute approximate surface area is 256 Å². The molecule has 5 aromatic rings. The molecule has 0 spiro atoms. The molecular weight excluding hydrogens is 558 g/mol. The quantitative estimate of drug-likeness (QED) is 0.147. The summed E-state index contributed by atoms with van der Waals surface area (Å²) in [5.41, 5.74) is 4.99. The second-order valence-corrected chi connectivity index (χ2v) is 12.4. The summed E-state index contributed by atoms with van der Waals surface area (Å²) in [7, 11) is 1.60. The van der Waals surface area contributed by atoms with Crippen LogP contribution >= 0.6 is 11.8 Å². The van der Waals surface area contributed by atoms with E-state index in [2.05, 4.69) is 51.4 Å². The molecule has 0 saturated heterocycles. The van der Waals surface area contributed by atoms with Gasteiger partial charge in [0, 0.05) is 58.5 Å². The Morgan fingerprint density at radius 1 is 1.02 bits per heavy atom. The lowest BCUT2D eigenvalue weighted by Crippen LogP contribution is -2.27. The van der Waals surface area contributed by atoms with Crippen molar-refractivity contribution < 1.29 is 19.4 Å². The van der Waals surface area contributed by atoms with E-state index >= 15 is 0 Å². The van der Waals surface area contributed by atoms with Crippen LogP contribution in [0.2, 0.25) is 0 Å². The smallest absolute Gasteiger partial charge is 0.309 e. The standard InChI is InChI=1S/C35H35N3O4S/c1-23(2)43-33-29-18-28(42-22-27-8-6-7-17-36-27)14-15-30(29)38(31(33)19-35(3,4)34(39)40)21-24-9-11-25(12-10-24)26-13-16-32(41-5)37-20-26/h6-18,20H,1,19,21-22H2,2-5H3,(H,39,40). The molecule has 8 heteroatoms. The molecule has 0 aliphatic heterocycles. The minimum absolute atomic E-state index is 0.352. The molecule has 0 fully saturated rings. The number of nitrogens with zero attached hydrogens (tertiary/aromatic N) is 3. The summed E-state index contributed by atoms with van der Waals surface area (Å²) in [5.74, 6) is 0.457. The summed E-state index contributed by atoms with van der Waals surface area (Å²) in [6.45, 7) is 10.6. The van der Waals surface area contributed by atoms with E-state index in [1.165, 1.54) is 0 Å². The van der Waals surface area contributed by atoms with E-state index in [0.717, 1.165) is 54.5 Å². The first-order chi connectivity index (χ1) is 20.6. The molecular formula is C35H35N3O4S. The number of ether oxygens (including phenoxy) is 2. The summed E-state index contributed by atoms with van der Waals surface area (Å²) in [5, 5.41) is 11.1. The Morgan fingerprint density at radius 2 is 1.79 bits per heavy atom. The Balaban J connectivity index is 1.55. The van der Waals surface area contributed by atoms with Crippen LogP contribution < -0.4 is 9.47 Å². The first-order valence-corrected chi connectivity index (χ1v) is 14.8. The topological polar surface area (TPSA) is 86.5 Å². The molecule has 0 aliphatic rings. The van der Waals surface area contributed by atoms with Gasteiger partial charge < -0.3 is 19.1 Å². The van der Waals surface area contributed by atoms with Crippen molar-refractivity contribution >= 4 is 28.6 Å². The Bertz CT molecular complexity index is 1740. The Kier molecular flexibility index (Phi) is 8.87. The number of hydrogen-bond acceptors (Lipinski definition) is 6. The molecule has 0 aliphatic carbocycles. The van der Waals surface area contributed by atoms with Crippen LogP contribution in [-0.4, -0.2) is 32.7 Å². The monoisotopic (exact) mass is 593 g/mol. The molecule has 0 amide bonds. The predicted octanol–water partition coefficient (Wildman–Crippen LogP) is 8.01. The molecule has 0 radical (unpaired) electrons. The van der Waals surface area contributed by atoms with Crippen molar-refractivity contribution in [2.45, 2.75) is 45.2 Å². The maximum absolute atomic E-state index is 12.3. The van der Waals surface area contributed by atoms with E-state index in [1.54, 1.807) is 45.1 Å². The minimum atomic E-state index is -0.972. The van der Waals surface area contributed by atoms with Crippen molar-refractivity contribution in [2.75, 3.05) is 7.11 Å². The van der Waals surface area contributed by atoms with Gasteiger partial charge in [-0.1, -0.05) is 48.7 Å². The summed E-state index contributed by atoms with van der Waals surface area (Å²) < 4.78 is 13.5. The number of benzene rings is 2. The zero-order chi connectivity index (χ0) is 30.6. The van der Waals surface area contributed by atoms with Crippen molar-refractivity contribution in [2.24, 2.45) is 5.41 Å². The fraction of sp³-hybridized carbons (Fsp3) is 0.229. The number of aliphatic carboxylic acids is 1. The highest BCUT2D eigenvalue weighted by Gasteiger charge is 2.32. The van der Waals surface area contributed by atoms with Gasteiger partial charge in [-0.15, -0.1) is 0 Å². The summed E-state index contributed by atoms with van der Waals surface area (Å²) in [6, 6.07) is 24.0. The van der Waals surface area contributed by atoms with Gasteiger partial charge in [-0.2, -0.15) is 0 Å². The highest BCUT2D eigenvalue weighted by Crippen LogP contribution is 2.42. The van der Waals surface area contributed by atoms with E-state index in [-0.39, 0.29) is 0 Å². The number of thioether (sulfide) groups is 1. The fourth-order valence-electron chi connectivity index (χ4n) is 4.88. The highest BCUT2D eigenvalue weighted by atomic mass is 32.2. The first kappa shape index (κ1) is 29.9. The van der Waals surface area contributed by atoms with Gasteiger partial charge in [-0.3, -0.25) is 9.78 Å². The lowest BCUT2D eigenvalue weighted by molar-refractivity contribution is -0.146. The number of fused-ring (bicyclic) bond motifs is 1. The Hall–Kier alpha value is -4.56. The van der Waals surface area contributed by atoms with Crippen LogP contribution in [0.4, 0.5) is 0 Å². The molecule has 0 saturated carbocycles. The number of allylic oxidation sites excluding steroid dienone is 1. The number of pyridine rings is 2. The maximum Gasteiger partial charge on any atom is 0.309 e. The summed E-state index contributed by atoms with van der Waals surface area (Å²) in [6.07, 6.45) is 3.90. The first-order valence-electron chi connectivity index (χ1n) is 14.0. The molecule has 43 heavy (non-hydrogen) atoms. The normalized spacial score (nSPS) is 11.4. The van der Waals surface area contributed by atoms with Crippen LogP contribution in [-0.2, 0) is 24.4 Å². The van der Waals surface area contributed by atoms with Crippen molar-refractivity contribution in [3.63, 3.8) is 0 Å². The average Bonchev–Trinajstić information content (AvgIpc) is 3.27. The van der Waals surface area contributed by atoms with E-state index in [1.807, 2.05) is 49.4 Å². The lowest BCUT2D eigenvalue weighted by atomic mass is 9.88. The number of carboxylic acids is 1. The van der Waals surface area contributed by atoms with Gasteiger partial charge >= 0.3 is 5.97 Å². The number of methoxy groups -OCH3 is 1. The number of aromatic nitrogens is 3. The number of hydrogen-bond donors (Lipinski definition) is 1. The van der Waals surface area contributed by atoms with Gasteiger partial charge in [-0.05, 0) is 73.2 Å². The van der Waals surface area contributed by atoms with Crippen LogP contribution in [0.1, 0.15) is 37.7 Å². The molecule has 7 nitrogen and oxygen atoms in total. The number of rotatable bonds is 12. The maximum atomic E-state index is 12.3. The van der Waals surface area contributed by atoms with Gasteiger partial charge in [0.15, 0.2) is 0 Å². The van der Waals surface area contributed by atoms with E-state index in [9.17, 15) is 9.90 Å². The average molecular weight is 594 g/mol. The third-order valence-corrected chi connectivity index (χ3v) is 8.25. The lowest BCUT2D eigenvalue weighted by Gasteiger charge is -2.22. The highest BCUT2D eigenvalue weighted by molar-refractivity contribution is 8.03. The molecule has 2 aromatic carbocycles. The van der Waals surface area contributed by atoms with Crippen molar-refractivity contribution in [1.29, 1.82) is 0 Å². The van der Waals surface area contributed by atoms with Crippen molar-refractivity contribution in [1.82, 2.24) is 14.5 Å². The van der Waals surface area contributed by atoms with Gasteiger partial charge in [0.2, 0.25) is 5.88 Å². The second-order valence-electron chi connectivity index (χ2n) is 11.1. The molecule has 5 rings (SSSR count). The Morgan fingerprint density at radius 3 is 2.42 bits per heavy atom. The predicted molar refractivity (Wildman–Crippen MR) is 172 cm³/mol. The van der Waals surface area contributed by atoms with Crippen molar-refractivity contribution in [3.8, 4) is 22.8 Å². The third-order valence-electron chi connectivity index (χ3n) is 7.24. The van der Waals surface area contributed by atoms with Gasteiger partial charge in [-0.25, -0.2) is 4.98 Å². The summed E-state index contributed by atoms with van der Waals surface area (Å²) >= 11 is 1.57. The van der Waals surface area contributed by atoms with Crippen molar-refractivity contribution in [3.05, 3.63) is 114 Å². The largest absolute Gasteiger partial charge is 0.487 e. The number of carbonyl (C=O) groups is 1. The molecule has 3 heterocycles. The van der Waals surface area contributed by atoms with Gasteiger partial charge in [0.1, 0.15) is 12.4 Å². The zero-order valence-corrected chi connectivity index (χ0v) is 25.6. The van der Waals surface area contributed by atoms with E-state index in [4.69, 9.17) is 9.47 Å². The van der Waals surface area contributed by atoms with Gasteiger partial charge in [0.25, 0.3) is 0 Å². The molecule has 220 valence electrons. The van der Waals surface area contributed by atoms with Crippen LogP contribution in [0.5, 0.6) is 11.6 Å². The zero-order valence-electron chi connectivity index (χ0n) is 24.8. The molecule has 0 atom stereocenters. The van der Waals surface area contributed by atoms with E-state index in [0.29, 0.717) is 25.5 Å². The van der Waals surface area contributed by atoms with Crippen LogP contribution in [0.25, 0.3) is 22.0 Å². The molecule has 3 aromatic heterocycles. The minimum Gasteiger partial charge on any atom is -0.487 e. The molecule has 0 bridgehead atoms. The third kappa shape index (κ3) is 6.92.